The summed E-state index contributed by atoms with van der Waals surface area (Å²) >= 11 is 0. The van der Waals surface area contributed by atoms with Crippen LogP contribution < -0.4 is 10.2 Å². The molecular weight excluding hydrogens is 345 g/mol. The molecule has 0 fully saturated rings. The molecule has 0 spiro atoms. The van der Waals surface area contributed by atoms with Gasteiger partial charge >= 0.3 is 0 Å². The second-order valence-corrected chi connectivity index (χ2v) is 6.98. The molecule has 0 aliphatic rings. The Hall–Kier alpha value is -2.73. The molecule has 5 nitrogen and oxygen atoms in total. The zero-order chi connectivity index (χ0) is 20.0. The van der Waals surface area contributed by atoms with Gasteiger partial charge in [-0.3, -0.25) is 9.59 Å². The van der Waals surface area contributed by atoms with Gasteiger partial charge in [0.05, 0.1) is 7.05 Å². The van der Waals surface area contributed by atoms with Crippen molar-refractivity contribution >= 4 is 17.5 Å². The molecule has 144 valence electrons. The number of hydrogen-bond acceptors (Lipinski definition) is 2. The van der Waals surface area contributed by atoms with Crippen molar-refractivity contribution < 1.29 is 18.9 Å². The fraction of sp³-hybridized carbons (Fsp3) is 0.333. The van der Waals surface area contributed by atoms with Gasteiger partial charge in [0.2, 0.25) is 0 Å². The van der Waals surface area contributed by atoms with Gasteiger partial charge in [-0.2, -0.15) is 0 Å². The van der Waals surface area contributed by atoms with E-state index in [0.717, 1.165) is 21.7 Å². The molecule has 1 unspecified atom stereocenters. The molecule has 2 aromatic carbocycles. The number of nitrogens with zero attached hydrogens (tertiary/aromatic N) is 1. The van der Waals surface area contributed by atoms with Crippen molar-refractivity contribution in [2.45, 2.75) is 26.4 Å². The summed E-state index contributed by atoms with van der Waals surface area (Å²) in [4.78, 5) is 27.2. The lowest BCUT2D eigenvalue weighted by molar-refractivity contribution is -0.886. The molecule has 0 saturated heterocycles. The predicted molar refractivity (Wildman–Crippen MR) is 104 cm³/mol. The maximum atomic E-state index is 13.3. The second kappa shape index (κ2) is 9.28. The summed E-state index contributed by atoms with van der Waals surface area (Å²) in [5.74, 6) is -0.569. The third-order valence-electron chi connectivity index (χ3n) is 4.57. The predicted octanol–water partition coefficient (Wildman–Crippen LogP) is 1.63. The van der Waals surface area contributed by atoms with Crippen molar-refractivity contribution in [3.05, 3.63) is 65.5 Å². The van der Waals surface area contributed by atoms with E-state index in [1.807, 2.05) is 38.2 Å². The molecule has 0 saturated carbocycles. The van der Waals surface area contributed by atoms with E-state index in [2.05, 4.69) is 5.32 Å². The first-order valence-corrected chi connectivity index (χ1v) is 8.94. The molecule has 0 aromatic heterocycles. The van der Waals surface area contributed by atoms with E-state index < -0.39 is 6.04 Å². The zero-order valence-corrected chi connectivity index (χ0v) is 16.3. The zero-order valence-electron chi connectivity index (χ0n) is 16.3. The maximum absolute atomic E-state index is 13.3. The maximum Gasteiger partial charge on any atom is 0.280 e. The van der Waals surface area contributed by atoms with Gasteiger partial charge in [0.1, 0.15) is 5.82 Å². The normalized spacial score (nSPS) is 12.9. The fourth-order valence-corrected chi connectivity index (χ4v) is 2.78. The van der Waals surface area contributed by atoms with Crippen LogP contribution in [0.4, 0.5) is 10.1 Å². The smallest absolute Gasteiger partial charge is 0.280 e. The van der Waals surface area contributed by atoms with Crippen LogP contribution in [-0.4, -0.2) is 43.4 Å². The number of likely N-dealkylation sites (N-methyl/N-ethyl adjacent to an activating group) is 2. The summed E-state index contributed by atoms with van der Waals surface area (Å²) < 4.78 is 13.3. The van der Waals surface area contributed by atoms with Crippen LogP contribution in [-0.2, 0) is 16.1 Å². The SMILES string of the molecule is Cc1ccc(NC(=O)C[NH+](C)[C@H](C)C(=O)N(C)Cc2cccc(F)c2)cc1. The van der Waals surface area contributed by atoms with Gasteiger partial charge in [0, 0.05) is 19.3 Å². The lowest BCUT2D eigenvalue weighted by Crippen LogP contribution is -3.15. The van der Waals surface area contributed by atoms with Crippen LogP contribution in [0.15, 0.2) is 48.5 Å². The molecule has 0 aliphatic heterocycles. The Morgan fingerprint density at radius 3 is 2.48 bits per heavy atom. The van der Waals surface area contributed by atoms with Gasteiger partial charge < -0.3 is 15.1 Å². The molecular formula is C21H27FN3O2+. The van der Waals surface area contributed by atoms with Gasteiger partial charge in [0.15, 0.2) is 12.6 Å². The molecule has 2 amide bonds. The molecule has 0 radical (unpaired) electrons. The largest absolute Gasteiger partial charge is 0.336 e. The Kier molecular flexibility index (Phi) is 7.07. The van der Waals surface area contributed by atoms with Crippen molar-refractivity contribution in [3.8, 4) is 0 Å². The minimum atomic E-state index is -0.396. The number of amides is 2. The van der Waals surface area contributed by atoms with Crippen molar-refractivity contribution in [1.29, 1.82) is 0 Å². The monoisotopic (exact) mass is 372 g/mol. The third-order valence-corrected chi connectivity index (χ3v) is 4.57. The lowest BCUT2D eigenvalue weighted by atomic mass is 10.2. The molecule has 2 rings (SSSR count). The summed E-state index contributed by atoms with van der Waals surface area (Å²) in [7, 11) is 3.50. The highest BCUT2D eigenvalue weighted by Gasteiger charge is 2.26. The van der Waals surface area contributed by atoms with Crippen LogP contribution in [0.5, 0.6) is 0 Å². The van der Waals surface area contributed by atoms with Gasteiger partial charge in [-0.05, 0) is 43.7 Å². The van der Waals surface area contributed by atoms with Crippen LogP contribution in [0.2, 0.25) is 0 Å². The van der Waals surface area contributed by atoms with E-state index in [0.29, 0.717) is 6.54 Å². The first-order chi connectivity index (χ1) is 12.8. The summed E-state index contributed by atoms with van der Waals surface area (Å²) in [6, 6.07) is 13.4. The van der Waals surface area contributed by atoms with Crippen LogP contribution in [0.1, 0.15) is 18.1 Å². The number of quaternary nitrogens is 1. The number of aryl methyl sites for hydroxylation is 1. The number of nitrogens with one attached hydrogen (secondary N) is 2. The average molecular weight is 372 g/mol. The van der Waals surface area contributed by atoms with Gasteiger partial charge in [-0.1, -0.05) is 29.8 Å². The van der Waals surface area contributed by atoms with E-state index in [4.69, 9.17) is 0 Å². The quantitative estimate of drug-likeness (QED) is 0.776. The highest BCUT2D eigenvalue weighted by atomic mass is 19.1. The van der Waals surface area contributed by atoms with Crippen molar-refractivity contribution in [2.75, 3.05) is 26.0 Å². The van der Waals surface area contributed by atoms with Gasteiger partial charge in [0.25, 0.3) is 11.8 Å². The van der Waals surface area contributed by atoms with Crippen LogP contribution in [0.25, 0.3) is 0 Å². The highest BCUT2D eigenvalue weighted by Crippen LogP contribution is 2.08. The van der Waals surface area contributed by atoms with E-state index in [-0.39, 0.29) is 24.2 Å². The Labute approximate surface area is 159 Å². The minimum Gasteiger partial charge on any atom is -0.336 e. The number of rotatable bonds is 7. The second-order valence-electron chi connectivity index (χ2n) is 6.98. The summed E-state index contributed by atoms with van der Waals surface area (Å²) in [5, 5.41) is 2.84. The third kappa shape index (κ3) is 6.18. The summed E-state index contributed by atoms with van der Waals surface area (Å²) in [6.45, 7) is 4.27. The Bertz CT molecular complexity index is 792. The van der Waals surface area contributed by atoms with E-state index in [1.54, 1.807) is 31.0 Å². The first kappa shape index (κ1) is 20.6. The number of benzene rings is 2. The van der Waals surface area contributed by atoms with Crippen LogP contribution in [0.3, 0.4) is 0 Å². The minimum absolute atomic E-state index is 0.0973. The lowest BCUT2D eigenvalue weighted by Gasteiger charge is -2.25. The van der Waals surface area contributed by atoms with Crippen molar-refractivity contribution in [3.63, 3.8) is 0 Å². The van der Waals surface area contributed by atoms with Crippen LogP contribution >= 0.6 is 0 Å². The summed E-state index contributed by atoms with van der Waals surface area (Å²) in [6.07, 6.45) is 0. The van der Waals surface area contributed by atoms with Crippen molar-refractivity contribution in [1.82, 2.24) is 4.90 Å². The first-order valence-electron chi connectivity index (χ1n) is 8.94. The molecule has 2 atom stereocenters. The van der Waals surface area contributed by atoms with Gasteiger partial charge in [-0.25, -0.2) is 4.39 Å². The van der Waals surface area contributed by atoms with E-state index >= 15 is 0 Å². The number of halogens is 1. The Morgan fingerprint density at radius 2 is 1.85 bits per heavy atom. The molecule has 6 heteroatoms. The van der Waals surface area contributed by atoms with Crippen LogP contribution in [0, 0.1) is 12.7 Å². The number of hydrogen-bond donors (Lipinski definition) is 2. The molecule has 2 aromatic rings. The fourth-order valence-electron chi connectivity index (χ4n) is 2.78. The van der Waals surface area contributed by atoms with Crippen molar-refractivity contribution in [2.24, 2.45) is 0 Å². The number of carbonyl (C=O) groups is 2. The Morgan fingerprint density at radius 1 is 1.19 bits per heavy atom. The molecule has 0 bridgehead atoms. The molecule has 0 aliphatic carbocycles. The molecule has 27 heavy (non-hydrogen) atoms. The average Bonchev–Trinajstić information content (AvgIpc) is 2.62. The summed E-state index contributed by atoms with van der Waals surface area (Å²) in [5.41, 5.74) is 2.59. The van der Waals surface area contributed by atoms with E-state index in [1.165, 1.54) is 12.1 Å². The number of anilines is 1. The van der Waals surface area contributed by atoms with E-state index in [9.17, 15) is 14.0 Å². The number of carbonyl (C=O) groups excluding carboxylic acids is 2. The standard InChI is InChI=1S/C21H26FN3O2/c1-15-8-10-19(11-9-15)23-20(26)14-24(3)16(2)21(27)25(4)13-17-6-5-7-18(22)12-17/h5-12,16H,13-14H2,1-4H3,(H,23,26)/p+1/t16-/m1/s1. The molecule has 2 N–H and O–H groups in total. The topological polar surface area (TPSA) is 53.9 Å². The van der Waals surface area contributed by atoms with Gasteiger partial charge in [-0.15, -0.1) is 0 Å². The Balaban J connectivity index is 1.88. The molecule has 0 heterocycles. The highest BCUT2D eigenvalue weighted by molar-refractivity contribution is 5.91.